The number of benzene rings is 1. The van der Waals surface area contributed by atoms with Gasteiger partial charge in [-0.15, -0.1) is 0 Å². The fraction of sp³-hybridized carbons (Fsp3) is 0.154. The number of anilines is 1. The number of para-hydroxylation sites is 1. The summed E-state index contributed by atoms with van der Waals surface area (Å²) in [5.41, 5.74) is 1.82. The second kappa shape index (κ2) is 4.56. The third-order valence-corrected chi connectivity index (χ3v) is 2.87. The van der Waals surface area contributed by atoms with E-state index in [2.05, 4.69) is 20.4 Å². The molecule has 0 bridgehead atoms. The summed E-state index contributed by atoms with van der Waals surface area (Å²) in [6, 6.07) is 7.77. The van der Waals surface area contributed by atoms with Gasteiger partial charge in [-0.1, -0.05) is 17.3 Å². The first kappa shape index (κ1) is 11.5. The number of aryl methyl sites for hydroxylation is 1. The average Bonchev–Trinajstić information content (AvgIpc) is 3.07. The standard InChI is InChI=1S/C13H13N5O/c1-14-10-6-4-3-5-9(10)13-16-11(17-19-13)12-15-7-8-18(12)2/h3-8,14H,1-2H3. The molecule has 0 aliphatic carbocycles. The molecule has 19 heavy (non-hydrogen) atoms. The fourth-order valence-electron chi connectivity index (χ4n) is 1.89. The molecule has 0 aliphatic rings. The molecule has 0 radical (unpaired) electrons. The highest BCUT2D eigenvalue weighted by Gasteiger charge is 2.15. The van der Waals surface area contributed by atoms with E-state index in [-0.39, 0.29) is 0 Å². The van der Waals surface area contributed by atoms with Crippen LogP contribution >= 0.6 is 0 Å². The molecule has 0 unspecified atom stereocenters. The molecule has 0 fully saturated rings. The van der Waals surface area contributed by atoms with Crippen LogP contribution in [0.2, 0.25) is 0 Å². The van der Waals surface area contributed by atoms with Crippen LogP contribution in [0.4, 0.5) is 5.69 Å². The first-order valence-electron chi connectivity index (χ1n) is 5.88. The van der Waals surface area contributed by atoms with Gasteiger partial charge in [0.05, 0.1) is 5.56 Å². The summed E-state index contributed by atoms with van der Waals surface area (Å²) >= 11 is 0. The Morgan fingerprint density at radius 3 is 2.84 bits per heavy atom. The molecule has 6 heteroatoms. The molecule has 0 saturated carbocycles. The fourth-order valence-corrected chi connectivity index (χ4v) is 1.89. The van der Waals surface area contributed by atoms with E-state index in [1.54, 1.807) is 6.20 Å². The van der Waals surface area contributed by atoms with Crippen molar-refractivity contribution in [3.63, 3.8) is 0 Å². The van der Waals surface area contributed by atoms with Crippen molar-refractivity contribution in [2.24, 2.45) is 7.05 Å². The number of rotatable bonds is 3. The minimum atomic E-state index is 0.475. The Morgan fingerprint density at radius 1 is 1.26 bits per heavy atom. The quantitative estimate of drug-likeness (QED) is 0.776. The molecule has 1 N–H and O–H groups in total. The predicted molar refractivity (Wildman–Crippen MR) is 71.5 cm³/mol. The Bertz CT molecular complexity index is 700. The molecular weight excluding hydrogens is 242 g/mol. The molecule has 96 valence electrons. The number of hydrogen-bond donors (Lipinski definition) is 1. The zero-order chi connectivity index (χ0) is 13.2. The molecule has 1 aromatic carbocycles. The van der Waals surface area contributed by atoms with Crippen LogP contribution in [-0.4, -0.2) is 26.7 Å². The number of imidazole rings is 1. The lowest BCUT2D eigenvalue weighted by Crippen LogP contribution is -1.93. The monoisotopic (exact) mass is 255 g/mol. The minimum absolute atomic E-state index is 0.475. The zero-order valence-electron chi connectivity index (χ0n) is 10.7. The normalized spacial score (nSPS) is 10.6. The maximum absolute atomic E-state index is 5.32. The highest BCUT2D eigenvalue weighted by Crippen LogP contribution is 2.27. The number of nitrogens with zero attached hydrogens (tertiary/aromatic N) is 4. The van der Waals surface area contributed by atoms with E-state index in [4.69, 9.17) is 4.52 Å². The molecule has 3 rings (SSSR count). The third-order valence-electron chi connectivity index (χ3n) is 2.87. The van der Waals surface area contributed by atoms with Crippen LogP contribution in [0.25, 0.3) is 23.1 Å². The van der Waals surface area contributed by atoms with E-state index in [1.165, 1.54) is 0 Å². The van der Waals surface area contributed by atoms with E-state index in [1.807, 2.05) is 49.1 Å². The molecule has 0 spiro atoms. The predicted octanol–water partition coefficient (Wildman–Crippen LogP) is 2.18. The average molecular weight is 255 g/mol. The van der Waals surface area contributed by atoms with Gasteiger partial charge in [-0.25, -0.2) is 4.98 Å². The second-order valence-electron chi connectivity index (χ2n) is 4.08. The van der Waals surface area contributed by atoms with Gasteiger partial charge in [-0.05, 0) is 12.1 Å². The van der Waals surface area contributed by atoms with Gasteiger partial charge < -0.3 is 14.4 Å². The van der Waals surface area contributed by atoms with Crippen LogP contribution in [-0.2, 0) is 7.05 Å². The molecule has 3 aromatic rings. The summed E-state index contributed by atoms with van der Waals surface area (Å²) in [7, 11) is 3.74. The first-order chi connectivity index (χ1) is 9.29. The first-order valence-corrected chi connectivity index (χ1v) is 5.88. The van der Waals surface area contributed by atoms with Crippen LogP contribution in [0.5, 0.6) is 0 Å². The molecule has 0 saturated heterocycles. The van der Waals surface area contributed by atoms with Gasteiger partial charge >= 0.3 is 0 Å². The van der Waals surface area contributed by atoms with Gasteiger partial charge in [0, 0.05) is 32.2 Å². The second-order valence-corrected chi connectivity index (χ2v) is 4.08. The number of hydrogen-bond acceptors (Lipinski definition) is 5. The van der Waals surface area contributed by atoms with Crippen LogP contribution < -0.4 is 5.32 Å². The lowest BCUT2D eigenvalue weighted by Gasteiger charge is -2.03. The van der Waals surface area contributed by atoms with Gasteiger partial charge in [0.1, 0.15) is 0 Å². The van der Waals surface area contributed by atoms with Gasteiger partial charge in [0.2, 0.25) is 5.82 Å². The van der Waals surface area contributed by atoms with Gasteiger partial charge in [0.15, 0.2) is 5.82 Å². The number of nitrogens with one attached hydrogen (secondary N) is 1. The Balaban J connectivity index is 2.04. The Hall–Kier alpha value is -2.63. The van der Waals surface area contributed by atoms with Crippen molar-refractivity contribution in [2.75, 3.05) is 12.4 Å². The van der Waals surface area contributed by atoms with Crippen molar-refractivity contribution in [1.82, 2.24) is 19.7 Å². The lowest BCUT2D eigenvalue weighted by molar-refractivity contribution is 0.432. The Kier molecular flexibility index (Phi) is 2.75. The van der Waals surface area contributed by atoms with E-state index >= 15 is 0 Å². The molecule has 0 aliphatic heterocycles. The molecule has 6 nitrogen and oxygen atoms in total. The summed E-state index contributed by atoms with van der Waals surface area (Å²) in [5, 5.41) is 7.07. The third kappa shape index (κ3) is 1.97. The summed E-state index contributed by atoms with van der Waals surface area (Å²) < 4.78 is 7.16. The van der Waals surface area contributed by atoms with Crippen molar-refractivity contribution < 1.29 is 4.52 Å². The van der Waals surface area contributed by atoms with Gasteiger partial charge in [-0.3, -0.25) is 0 Å². The van der Waals surface area contributed by atoms with Crippen LogP contribution in [0, 0.1) is 0 Å². The zero-order valence-corrected chi connectivity index (χ0v) is 10.7. The van der Waals surface area contributed by atoms with Crippen molar-refractivity contribution >= 4 is 5.69 Å². The van der Waals surface area contributed by atoms with E-state index in [9.17, 15) is 0 Å². The van der Waals surface area contributed by atoms with Crippen molar-refractivity contribution in [1.29, 1.82) is 0 Å². The molecule has 0 amide bonds. The maximum atomic E-state index is 5.32. The van der Waals surface area contributed by atoms with Crippen molar-refractivity contribution in [3.8, 4) is 23.1 Å². The summed E-state index contributed by atoms with van der Waals surface area (Å²) in [4.78, 5) is 8.59. The van der Waals surface area contributed by atoms with Gasteiger partial charge in [-0.2, -0.15) is 4.98 Å². The topological polar surface area (TPSA) is 68.8 Å². The SMILES string of the molecule is CNc1ccccc1-c1nc(-c2nccn2C)no1. The van der Waals surface area contributed by atoms with E-state index < -0.39 is 0 Å². The van der Waals surface area contributed by atoms with Crippen molar-refractivity contribution in [3.05, 3.63) is 36.7 Å². The molecule has 2 aromatic heterocycles. The highest BCUT2D eigenvalue weighted by atomic mass is 16.5. The van der Waals surface area contributed by atoms with Crippen LogP contribution in [0.3, 0.4) is 0 Å². The highest BCUT2D eigenvalue weighted by molar-refractivity contribution is 5.72. The largest absolute Gasteiger partial charge is 0.387 e. The Labute approximate surface area is 110 Å². The van der Waals surface area contributed by atoms with Crippen LogP contribution in [0.15, 0.2) is 41.2 Å². The maximum Gasteiger partial charge on any atom is 0.260 e. The van der Waals surface area contributed by atoms with E-state index in [0.717, 1.165) is 11.3 Å². The van der Waals surface area contributed by atoms with Gasteiger partial charge in [0.25, 0.3) is 5.89 Å². The number of aromatic nitrogens is 4. The smallest absolute Gasteiger partial charge is 0.260 e. The van der Waals surface area contributed by atoms with E-state index in [0.29, 0.717) is 17.5 Å². The molecular formula is C13H13N5O. The summed E-state index contributed by atoms with van der Waals surface area (Å²) in [6.07, 6.45) is 3.54. The van der Waals surface area contributed by atoms with Crippen LogP contribution in [0.1, 0.15) is 0 Å². The summed E-state index contributed by atoms with van der Waals surface area (Å²) in [6.45, 7) is 0. The minimum Gasteiger partial charge on any atom is -0.387 e. The summed E-state index contributed by atoms with van der Waals surface area (Å²) in [5.74, 6) is 1.63. The Morgan fingerprint density at radius 2 is 2.11 bits per heavy atom. The van der Waals surface area contributed by atoms with Crippen molar-refractivity contribution in [2.45, 2.75) is 0 Å². The molecule has 2 heterocycles. The lowest BCUT2D eigenvalue weighted by atomic mass is 10.2. The molecule has 0 atom stereocenters.